The van der Waals surface area contributed by atoms with E-state index in [-0.39, 0.29) is 18.7 Å². The van der Waals surface area contributed by atoms with Gasteiger partial charge >= 0.3 is 6.03 Å². The smallest absolute Gasteiger partial charge is 0.329 e. The molecule has 1 N–H and O–H groups in total. The molecule has 1 fully saturated rings. The van der Waals surface area contributed by atoms with Crippen LogP contribution in [0.2, 0.25) is 0 Å². The van der Waals surface area contributed by atoms with Gasteiger partial charge in [0.1, 0.15) is 6.33 Å². The molecular formula is C10H15N3O2. The van der Waals surface area contributed by atoms with Gasteiger partial charge in [0.15, 0.2) is 0 Å². The van der Waals surface area contributed by atoms with Crippen LogP contribution < -0.4 is 0 Å². The minimum atomic E-state index is -0.101. The average Bonchev–Trinajstić information content (AvgIpc) is 2.85. The molecule has 82 valence electrons. The molecule has 1 aromatic heterocycles. The van der Waals surface area contributed by atoms with Crippen LogP contribution in [-0.4, -0.2) is 44.8 Å². The third-order valence-corrected chi connectivity index (χ3v) is 3.04. The molecule has 1 aliphatic heterocycles. The first-order chi connectivity index (χ1) is 7.24. The maximum atomic E-state index is 12.0. The van der Waals surface area contributed by atoms with Gasteiger partial charge in [0, 0.05) is 18.9 Å². The van der Waals surface area contributed by atoms with Gasteiger partial charge in [-0.3, -0.25) is 4.57 Å². The van der Waals surface area contributed by atoms with E-state index < -0.39 is 0 Å². The Morgan fingerprint density at radius 3 is 3.07 bits per heavy atom. The lowest BCUT2D eigenvalue weighted by atomic mass is 10.0. The highest BCUT2D eigenvalue weighted by Crippen LogP contribution is 2.24. The van der Waals surface area contributed by atoms with Crippen LogP contribution in [0.3, 0.4) is 0 Å². The molecule has 5 nitrogen and oxygen atoms in total. The highest BCUT2D eigenvalue weighted by molar-refractivity contribution is 5.77. The van der Waals surface area contributed by atoms with E-state index in [1.807, 2.05) is 0 Å². The predicted molar refractivity (Wildman–Crippen MR) is 54.4 cm³/mol. The SMILES string of the molecule is CC1CCN(C(=O)n2ccnc2)C1CO. The van der Waals surface area contributed by atoms with E-state index >= 15 is 0 Å². The molecule has 0 aromatic carbocycles. The van der Waals surface area contributed by atoms with Crippen molar-refractivity contribution >= 4 is 6.03 Å². The lowest BCUT2D eigenvalue weighted by Crippen LogP contribution is -2.41. The summed E-state index contributed by atoms with van der Waals surface area (Å²) in [5.41, 5.74) is 0. The minimum Gasteiger partial charge on any atom is -0.394 e. The topological polar surface area (TPSA) is 58.4 Å². The van der Waals surface area contributed by atoms with Gasteiger partial charge in [0.05, 0.1) is 12.6 Å². The summed E-state index contributed by atoms with van der Waals surface area (Å²) < 4.78 is 1.45. The van der Waals surface area contributed by atoms with Gasteiger partial charge in [-0.05, 0) is 12.3 Å². The zero-order valence-corrected chi connectivity index (χ0v) is 8.71. The van der Waals surface area contributed by atoms with Crippen LogP contribution in [-0.2, 0) is 0 Å². The van der Waals surface area contributed by atoms with Crippen LogP contribution in [0.4, 0.5) is 4.79 Å². The Bertz CT molecular complexity index is 336. The molecule has 1 amide bonds. The summed E-state index contributed by atoms with van der Waals surface area (Å²) in [5, 5.41) is 9.23. The van der Waals surface area contributed by atoms with Gasteiger partial charge < -0.3 is 10.0 Å². The van der Waals surface area contributed by atoms with Gasteiger partial charge in [-0.1, -0.05) is 6.92 Å². The number of hydrogen-bond donors (Lipinski definition) is 1. The molecule has 1 aliphatic rings. The van der Waals surface area contributed by atoms with Crippen molar-refractivity contribution in [2.24, 2.45) is 5.92 Å². The molecule has 0 spiro atoms. The van der Waals surface area contributed by atoms with Gasteiger partial charge in [0.2, 0.25) is 0 Å². The molecule has 2 rings (SSSR count). The number of rotatable bonds is 1. The maximum absolute atomic E-state index is 12.0. The molecule has 1 saturated heterocycles. The van der Waals surface area contributed by atoms with Crippen molar-refractivity contribution in [3.8, 4) is 0 Å². The van der Waals surface area contributed by atoms with Gasteiger partial charge in [-0.15, -0.1) is 0 Å². The van der Waals surface area contributed by atoms with E-state index in [4.69, 9.17) is 0 Å². The lowest BCUT2D eigenvalue weighted by molar-refractivity contribution is 0.145. The fourth-order valence-electron chi connectivity index (χ4n) is 2.04. The summed E-state index contributed by atoms with van der Waals surface area (Å²) in [6.45, 7) is 2.80. The van der Waals surface area contributed by atoms with Crippen molar-refractivity contribution in [1.82, 2.24) is 14.5 Å². The van der Waals surface area contributed by atoms with Crippen LogP contribution in [0.1, 0.15) is 13.3 Å². The number of amides is 1. The summed E-state index contributed by atoms with van der Waals surface area (Å²) in [6.07, 6.45) is 5.64. The molecule has 0 aliphatic carbocycles. The highest BCUT2D eigenvalue weighted by atomic mass is 16.3. The quantitative estimate of drug-likeness (QED) is 0.735. The number of nitrogens with zero attached hydrogens (tertiary/aromatic N) is 3. The Morgan fingerprint density at radius 2 is 2.47 bits per heavy atom. The van der Waals surface area contributed by atoms with Crippen molar-refractivity contribution in [2.75, 3.05) is 13.2 Å². The third-order valence-electron chi connectivity index (χ3n) is 3.04. The van der Waals surface area contributed by atoms with Crippen molar-refractivity contribution in [1.29, 1.82) is 0 Å². The molecule has 0 saturated carbocycles. The van der Waals surface area contributed by atoms with Crippen LogP contribution in [0.15, 0.2) is 18.7 Å². The molecule has 1 aromatic rings. The van der Waals surface area contributed by atoms with Crippen molar-refractivity contribution < 1.29 is 9.90 Å². The molecule has 5 heteroatoms. The normalized spacial score (nSPS) is 25.9. The Labute approximate surface area is 88.3 Å². The number of carbonyl (C=O) groups excluding carboxylic acids is 1. The van der Waals surface area contributed by atoms with Crippen molar-refractivity contribution in [3.63, 3.8) is 0 Å². The summed E-state index contributed by atoms with van der Waals surface area (Å²) in [5.74, 6) is 0.363. The standard InChI is InChI=1S/C10H15N3O2/c1-8-2-4-13(9(8)6-14)10(15)12-5-3-11-7-12/h3,5,7-9,14H,2,4,6H2,1H3. The number of aliphatic hydroxyl groups is 1. The van der Waals surface area contributed by atoms with Crippen LogP contribution in [0.25, 0.3) is 0 Å². The van der Waals surface area contributed by atoms with E-state index in [1.54, 1.807) is 17.3 Å². The Hall–Kier alpha value is -1.36. The molecule has 0 bridgehead atoms. The van der Waals surface area contributed by atoms with Crippen molar-refractivity contribution in [2.45, 2.75) is 19.4 Å². The average molecular weight is 209 g/mol. The van der Waals surface area contributed by atoms with E-state index in [9.17, 15) is 9.90 Å². The summed E-state index contributed by atoms with van der Waals surface area (Å²) in [7, 11) is 0. The zero-order chi connectivity index (χ0) is 10.8. The van der Waals surface area contributed by atoms with Gasteiger partial charge in [0.25, 0.3) is 0 Å². The number of likely N-dealkylation sites (tertiary alicyclic amines) is 1. The molecule has 15 heavy (non-hydrogen) atoms. The van der Waals surface area contributed by atoms with E-state index in [2.05, 4.69) is 11.9 Å². The summed E-state index contributed by atoms with van der Waals surface area (Å²) >= 11 is 0. The lowest BCUT2D eigenvalue weighted by Gasteiger charge is -2.24. The van der Waals surface area contributed by atoms with Gasteiger partial charge in [-0.25, -0.2) is 9.78 Å². The molecule has 0 radical (unpaired) electrons. The molecular weight excluding hydrogens is 194 g/mol. The molecule has 2 unspecified atom stereocenters. The molecule has 2 heterocycles. The van der Waals surface area contributed by atoms with E-state index in [0.29, 0.717) is 12.5 Å². The third kappa shape index (κ3) is 1.74. The first kappa shape index (κ1) is 10.2. The number of carbonyl (C=O) groups is 1. The second-order valence-corrected chi connectivity index (χ2v) is 3.96. The maximum Gasteiger partial charge on any atom is 0.329 e. The fourth-order valence-corrected chi connectivity index (χ4v) is 2.04. The summed E-state index contributed by atoms with van der Waals surface area (Å²) in [6, 6.07) is -0.157. The number of imidazole rings is 1. The van der Waals surface area contributed by atoms with E-state index in [1.165, 1.54) is 10.9 Å². The van der Waals surface area contributed by atoms with Crippen molar-refractivity contribution in [3.05, 3.63) is 18.7 Å². The zero-order valence-electron chi connectivity index (χ0n) is 8.71. The first-order valence-electron chi connectivity index (χ1n) is 5.14. The highest BCUT2D eigenvalue weighted by Gasteiger charge is 2.34. The second kappa shape index (κ2) is 4.02. The predicted octanol–water partition coefficient (Wildman–Crippen LogP) is 0.554. The Balaban J connectivity index is 2.14. The summed E-state index contributed by atoms with van der Waals surface area (Å²) in [4.78, 5) is 17.5. The van der Waals surface area contributed by atoms with Gasteiger partial charge in [-0.2, -0.15) is 0 Å². The first-order valence-corrected chi connectivity index (χ1v) is 5.14. The number of aromatic nitrogens is 2. The largest absolute Gasteiger partial charge is 0.394 e. The fraction of sp³-hybridized carbons (Fsp3) is 0.600. The second-order valence-electron chi connectivity index (χ2n) is 3.96. The van der Waals surface area contributed by atoms with Crippen LogP contribution in [0.5, 0.6) is 0 Å². The van der Waals surface area contributed by atoms with E-state index in [0.717, 1.165) is 6.42 Å². The Kier molecular flexibility index (Phi) is 2.73. The number of hydrogen-bond acceptors (Lipinski definition) is 3. The minimum absolute atomic E-state index is 0.0294. The Morgan fingerprint density at radius 1 is 1.67 bits per heavy atom. The molecule has 2 atom stereocenters. The number of aliphatic hydroxyl groups excluding tert-OH is 1. The monoisotopic (exact) mass is 209 g/mol. The van der Waals surface area contributed by atoms with Crippen LogP contribution >= 0.6 is 0 Å². The van der Waals surface area contributed by atoms with Crippen LogP contribution in [0, 0.1) is 5.92 Å².